The van der Waals surface area contributed by atoms with Crippen LogP contribution in [0.25, 0.3) is 4.96 Å². The van der Waals surface area contributed by atoms with E-state index >= 15 is 0 Å². The Bertz CT molecular complexity index is 717. The average molecular weight is 275 g/mol. The number of imidazole rings is 1. The zero-order valence-corrected chi connectivity index (χ0v) is 10.7. The van der Waals surface area contributed by atoms with Crippen LogP contribution in [0.3, 0.4) is 0 Å². The molecule has 19 heavy (non-hydrogen) atoms. The number of hydrogen-bond acceptors (Lipinski definition) is 3. The monoisotopic (exact) mass is 275 g/mol. The van der Waals surface area contributed by atoms with Gasteiger partial charge in [0.1, 0.15) is 5.82 Å². The van der Waals surface area contributed by atoms with Crippen molar-refractivity contribution in [3.63, 3.8) is 0 Å². The SMILES string of the molecule is O=C(NCc1csc2nccn12)c1ccc(F)cc1. The van der Waals surface area contributed by atoms with Crippen LogP contribution in [0.15, 0.2) is 42.0 Å². The fourth-order valence-corrected chi connectivity index (χ4v) is 2.63. The predicted octanol–water partition coefficient (Wildman–Crippen LogP) is 2.46. The summed E-state index contributed by atoms with van der Waals surface area (Å²) in [6, 6.07) is 5.47. The molecule has 0 spiro atoms. The maximum atomic E-state index is 12.8. The Hall–Kier alpha value is -2.21. The maximum Gasteiger partial charge on any atom is 0.251 e. The quantitative estimate of drug-likeness (QED) is 0.798. The third-order valence-electron chi connectivity index (χ3n) is 2.75. The van der Waals surface area contributed by atoms with Crippen LogP contribution in [-0.4, -0.2) is 15.3 Å². The molecule has 0 aliphatic carbocycles. The normalized spacial score (nSPS) is 10.8. The van der Waals surface area contributed by atoms with Crippen LogP contribution in [0.4, 0.5) is 4.39 Å². The summed E-state index contributed by atoms with van der Waals surface area (Å²) in [6.45, 7) is 0.409. The first-order valence-electron chi connectivity index (χ1n) is 5.67. The van der Waals surface area contributed by atoms with Crippen molar-refractivity contribution in [3.05, 3.63) is 59.1 Å². The Morgan fingerprint density at radius 3 is 2.95 bits per heavy atom. The summed E-state index contributed by atoms with van der Waals surface area (Å²) in [5.74, 6) is -0.575. The number of benzene rings is 1. The van der Waals surface area contributed by atoms with Crippen LogP contribution in [0.2, 0.25) is 0 Å². The van der Waals surface area contributed by atoms with Gasteiger partial charge in [0, 0.05) is 23.3 Å². The first-order chi connectivity index (χ1) is 9.24. The van der Waals surface area contributed by atoms with E-state index in [9.17, 15) is 9.18 Å². The van der Waals surface area contributed by atoms with Crippen LogP contribution in [0.1, 0.15) is 16.1 Å². The topological polar surface area (TPSA) is 46.4 Å². The van der Waals surface area contributed by atoms with E-state index < -0.39 is 0 Å². The van der Waals surface area contributed by atoms with Gasteiger partial charge in [0.2, 0.25) is 0 Å². The summed E-state index contributed by atoms with van der Waals surface area (Å²) < 4.78 is 14.7. The number of carbonyl (C=O) groups is 1. The van der Waals surface area contributed by atoms with Crippen molar-refractivity contribution in [2.45, 2.75) is 6.54 Å². The first-order valence-corrected chi connectivity index (χ1v) is 6.55. The molecule has 6 heteroatoms. The Balaban J connectivity index is 1.71. The van der Waals surface area contributed by atoms with Gasteiger partial charge in [-0.15, -0.1) is 11.3 Å². The molecule has 2 heterocycles. The zero-order chi connectivity index (χ0) is 13.2. The molecule has 96 valence electrons. The number of aromatic nitrogens is 2. The van der Waals surface area contributed by atoms with Crippen molar-refractivity contribution >= 4 is 22.2 Å². The second-order valence-corrected chi connectivity index (χ2v) is 4.83. The summed E-state index contributed by atoms with van der Waals surface area (Å²) in [6.07, 6.45) is 3.57. The molecule has 0 saturated heterocycles. The van der Waals surface area contributed by atoms with Gasteiger partial charge in [-0.25, -0.2) is 9.37 Å². The minimum atomic E-state index is -0.352. The smallest absolute Gasteiger partial charge is 0.251 e. The molecular weight excluding hydrogens is 265 g/mol. The Labute approximate surface area is 112 Å². The lowest BCUT2D eigenvalue weighted by Crippen LogP contribution is -2.23. The van der Waals surface area contributed by atoms with Gasteiger partial charge in [-0.1, -0.05) is 0 Å². The molecule has 1 N–H and O–H groups in total. The third-order valence-corrected chi connectivity index (χ3v) is 3.66. The molecule has 1 amide bonds. The Morgan fingerprint density at radius 1 is 1.37 bits per heavy atom. The number of nitrogens with zero attached hydrogens (tertiary/aromatic N) is 2. The largest absolute Gasteiger partial charge is 0.346 e. The average Bonchev–Trinajstić information content (AvgIpc) is 3.00. The summed E-state index contributed by atoms with van der Waals surface area (Å²) >= 11 is 1.52. The van der Waals surface area contributed by atoms with Crippen LogP contribution in [0.5, 0.6) is 0 Å². The lowest BCUT2D eigenvalue weighted by molar-refractivity contribution is 0.0950. The maximum absolute atomic E-state index is 12.8. The molecule has 0 fully saturated rings. The van der Waals surface area contributed by atoms with E-state index in [1.54, 1.807) is 6.20 Å². The zero-order valence-electron chi connectivity index (χ0n) is 9.84. The predicted molar refractivity (Wildman–Crippen MR) is 70.6 cm³/mol. The number of rotatable bonds is 3. The van der Waals surface area contributed by atoms with Gasteiger partial charge in [0.15, 0.2) is 4.96 Å². The lowest BCUT2D eigenvalue weighted by Gasteiger charge is -2.04. The number of fused-ring (bicyclic) bond motifs is 1. The molecule has 2 aromatic heterocycles. The highest BCUT2D eigenvalue weighted by Crippen LogP contribution is 2.14. The molecule has 0 unspecified atom stereocenters. The summed E-state index contributed by atoms with van der Waals surface area (Å²) in [4.78, 5) is 16.9. The van der Waals surface area contributed by atoms with E-state index in [0.29, 0.717) is 12.1 Å². The van der Waals surface area contributed by atoms with Crippen molar-refractivity contribution in [2.24, 2.45) is 0 Å². The van der Waals surface area contributed by atoms with E-state index in [-0.39, 0.29) is 11.7 Å². The van der Waals surface area contributed by atoms with Crippen molar-refractivity contribution < 1.29 is 9.18 Å². The number of halogens is 1. The minimum absolute atomic E-state index is 0.223. The molecule has 0 saturated carbocycles. The van der Waals surface area contributed by atoms with E-state index in [1.807, 2.05) is 16.0 Å². The fraction of sp³-hybridized carbons (Fsp3) is 0.0769. The van der Waals surface area contributed by atoms with E-state index in [0.717, 1.165) is 10.7 Å². The van der Waals surface area contributed by atoms with Crippen molar-refractivity contribution in [3.8, 4) is 0 Å². The van der Waals surface area contributed by atoms with Gasteiger partial charge in [-0.2, -0.15) is 0 Å². The number of carbonyl (C=O) groups excluding carboxylic acids is 1. The van der Waals surface area contributed by atoms with Crippen molar-refractivity contribution in [1.29, 1.82) is 0 Å². The number of hydrogen-bond donors (Lipinski definition) is 1. The van der Waals surface area contributed by atoms with Gasteiger partial charge in [-0.05, 0) is 24.3 Å². The molecule has 0 aliphatic heterocycles. The molecule has 3 aromatic rings. The van der Waals surface area contributed by atoms with Crippen LogP contribution < -0.4 is 5.32 Å². The molecule has 3 rings (SSSR count). The third kappa shape index (κ3) is 2.34. The first kappa shape index (κ1) is 11.9. The molecule has 0 radical (unpaired) electrons. The minimum Gasteiger partial charge on any atom is -0.346 e. The van der Waals surface area contributed by atoms with Crippen LogP contribution in [-0.2, 0) is 6.54 Å². The molecule has 0 aliphatic rings. The van der Waals surface area contributed by atoms with Gasteiger partial charge < -0.3 is 5.32 Å². The fourth-order valence-electron chi connectivity index (χ4n) is 1.77. The molecule has 1 aromatic carbocycles. The van der Waals surface area contributed by atoms with Gasteiger partial charge in [0.25, 0.3) is 5.91 Å². The molecule has 0 bridgehead atoms. The summed E-state index contributed by atoms with van der Waals surface area (Å²) in [5, 5.41) is 4.75. The van der Waals surface area contributed by atoms with E-state index in [1.165, 1.54) is 35.6 Å². The van der Waals surface area contributed by atoms with E-state index in [2.05, 4.69) is 10.3 Å². The molecular formula is C13H10FN3OS. The Morgan fingerprint density at radius 2 is 2.16 bits per heavy atom. The van der Waals surface area contributed by atoms with E-state index in [4.69, 9.17) is 0 Å². The standard InChI is InChI=1S/C13H10FN3OS/c14-10-3-1-9(2-4-10)12(18)16-7-11-8-19-13-15-5-6-17(11)13/h1-6,8H,7H2,(H,16,18). The highest BCUT2D eigenvalue weighted by atomic mass is 32.1. The summed E-state index contributed by atoms with van der Waals surface area (Å²) in [5.41, 5.74) is 1.41. The molecule has 4 nitrogen and oxygen atoms in total. The second-order valence-electron chi connectivity index (χ2n) is 4.00. The number of amides is 1. The molecule has 0 atom stereocenters. The van der Waals surface area contributed by atoms with Crippen molar-refractivity contribution in [1.82, 2.24) is 14.7 Å². The highest BCUT2D eigenvalue weighted by Gasteiger charge is 2.08. The van der Waals surface area contributed by atoms with Gasteiger partial charge in [0.05, 0.1) is 12.2 Å². The van der Waals surface area contributed by atoms with Gasteiger partial charge in [-0.3, -0.25) is 9.20 Å². The number of nitrogens with one attached hydrogen (secondary N) is 1. The van der Waals surface area contributed by atoms with Crippen LogP contribution >= 0.6 is 11.3 Å². The summed E-state index contributed by atoms with van der Waals surface area (Å²) in [7, 11) is 0. The highest BCUT2D eigenvalue weighted by molar-refractivity contribution is 7.15. The van der Waals surface area contributed by atoms with Crippen molar-refractivity contribution in [2.75, 3.05) is 0 Å². The Kier molecular flexibility index (Phi) is 3.00. The lowest BCUT2D eigenvalue weighted by atomic mass is 10.2. The second kappa shape index (κ2) is 4.81. The van der Waals surface area contributed by atoms with Crippen LogP contribution in [0, 0.1) is 5.82 Å². The van der Waals surface area contributed by atoms with Gasteiger partial charge >= 0.3 is 0 Å². The number of thiazole rings is 1.